The van der Waals surface area contributed by atoms with Gasteiger partial charge in [0.2, 0.25) is 0 Å². The van der Waals surface area contributed by atoms with E-state index in [0.29, 0.717) is 40.0 Å². The lowest BCUT2D eigenvalue weighted by Gasteiger charge is -2.22. The van der Waals surface area contributed by atoms with Gasteiger partial charge in [-0.05, 0) is 37.0 Å². The standard InChI is InChI=1S/C18H21ClN2O2S/c1-11(2)10-21-17(23)13-8-7-12(19)9-14(13)20-18(21)24-16-6-4-3-5-15(16)22/h7-9,11,16H,3-6,10H2,1-2H3. The summed E-state index contributed by atoms with van der Waals surface area (Å²) in [5, 5.41) is 1.66. The van der Waals surface area contributed by atoms with Gasteiger partial charge >= 0.3 is 0 Å². The van der Waals surface area contributed by atoms with E-state index in [4.69, 9.17) is 11.6 Å². The first kappa shape index (κ1) is 17.5. The zero-order valence-electron chi connectivity index (χ0n) is 13.9. The molecule has 1 fully saturated rings. The van der Waals surface area contributed by atoms with Gasteiger partial charge in [0.15, 0.2) is 5.16 Å². The number of thioether (sulfide) groups is 1. The van der Waals surface area contributed by atoms with Crippen LogP contribution in [0.5, 0.6) is 0 Å². The normalized spacial score (nSPS) is 18.5. The Morgan fingerprint density at radius 1 is 1.33 bits per heavy atom. The summed E-state index contributed by atoms with van der Waals surface area (Å²) in [6.45, 7) is 4.73. The molecule has 1 aliphatic carbocycles. The molecular formula is C18H21ClN2O2S. The number of fused-ring (bicyclic) bond motifs is 1. The number of benzene rings is 1. The molecule has 1 saturated carbocycles. The van der Waals surface area contributed by atoms with Crippen LogP contribution in [-0.4, -0.2) is 20.6 Å². The van der Waals surface area contributed by atoms with E-state index in [1.165, 1.54) is 11.8 Å². The van der Waals surface area contributed by atoms with Gasteiger partial charge in [0.1, 0.15) is 5.78 Å². The van der Waals surface area contributed by atoms with Crippen LogP contribution in [0.1, 0.15) is 39.5 Å². The highest BCUT2D eigenvalue weighted by Gasteiger charge is 2.25. The van der Waals surface area contributed by atoms with Gasteiger partial charge in [-0.15, -0.1) is 0 Å². The Labute approximate surface area is 150 Å². The number of aromatic nitrogens is 2. The molecule has 1 aromatic carbocycles. The lowest BCUT2D eigenvalue weighted by atomic mass is 9.99. The third kappa shape index (κ3) is 3.67. The van der Waals surface area contributed by atoms with Gasteiger partial charge in [0.05, 0.1) is 16.2 Å². The van der Waals surface area contributed by atoms with Crippen LogP contribution < -0.4 is 5.56 Å². The molecule has 24 heavy (non-hydrogen) atoms. The summed E-state index contributed by atoms with van der Waals surface area (Å²) in [6.07, 6.45) is 3.51. The number of Topliss-reactive ketones (excluding diaryl/α,β-unsaturated/α-hetero) is 1. The molecule has 0 saturated heterocycles. The van der Waals surface area contributed by atoms with Crippen molar-refractivity contribution in [3.05, 3.63) is 33.6 Å². The van der Waals surface area contributed by atoms with E-state index in [1.807, 2.05) is 0 Å². The van der Waals surface area contributed by atoms with E-state index in [0.717, 1.165) is 19.3 Å². The molecule has 0 amide bonds. The predicted molar refractivity (Wildman–Crippen MR) is 99.0 cm³/mol. The van der Waals surface area contributed by atoms with Crippen molar-refractivity contribution in [3.63, 3.8) is 0 Å². The van der Waals surface area contributed by atoms with Crippen molar-refractivity contribution in [2.45, 2.75) is 56.5 Å². The van der Waals surface area contributed by atoms with E-state index in [-0.39, 0.29) is 16.6 Å². The van der Waals surface area contributed by atoms with Gasteiger partial charge in [0.25, 0.3) is 5.56 Å². The minimum absolute atomic E-state index is 0.0591. The smallest absolute Gasteiger partial charge is 0.262 e. The number of ketones is 1. The van der Waals surface area contributed by atoms with E-state index < -0.39 is 0 Å². The Morgan fingerprint density at radius 2 is 2.12 bits per heavy atom. The lowest BCUT2D eigenvalue weighted by Crippen LogP contribution is -2.28. The second kappa shape index (κ2) is 7.28. The molecule has 3 rings (SSSR count). The molecule has 4 nitrogen and oxygen atoms in total. The Balaban J connectivity index is 2.09. The zero-order valence-corrected chi connectivity index (χ0v) is 15.5. The zero-order chi connectivity index (χ0) is 17.3. The fourth-order valence-electron chi connectivity index (χ4n) is 2.99. The second-order valence-corrected chi connectivity index (χ2v) is 8.29. The molecule has 0 N–H and O–H groups in total. The average Bonchev–Trinajstić information content (AvgIpc) is 2.52. The van der Waals surface area contributed by atoms with Crippen LogP contribution in [0.3, 0.4) is 0 Å². The minimum atomic E-state index is -0.0966. The molecule has 1 aromatic heterocycles. The van der Waals surface area contributed by atoms with Crippen LogP contribution in [0.4, 0.5) is 0 Å². The third-order valence-corrected chi connectivity index (χ3v) is 5.72. The molecule has 1 atom stereocenters. The Bertz CT molecular complexity index is 832. The topological polar surface area (TPSA) is 52.0 Å². The van der Waals surface area contributed by atoms with Crippen molar-refractivity contribution in [2.24, 2.45) is 5.92 Å². The molecule has 0 radical (unpaired) electrons. The summed E-state index contributed by atoms with van der Waals surface area (Å²) in [4.78, 5) is 29.7. The van der Waals surface area contributed by atoms with Crippen molar-refractivity contribution in [1.29, 1.82) is 0 Å². The Kier molecular flexibility index (Phi) is 5.30. The predicted octanol–water partition coefficient (Wildman–Crippen LogP) is 4.31. The van der Waals surface area contributed by atoms with Gasteiger partial charge in [0, 0.05) is 18.0 Å². The van der Waals surface area contributed by atoms with Crippen LogP contribution in [0.25, 0.3) is 10.9 Å². The van der Waals surface area contributed by atoms with Gasteiger partial charge in [-0.3, -0.25) is 14.2 Å². The molecule has 128 valence electrons. The maximum Gasteiger partial charge on any atom is 0.262 e. The largest absolute Gasteiger partial charge is 0.298 e. The maximum atomic E-state index is 12.9. The molecular weight excluding hydrogens is 344 g/mol. The highest BCUT2D eigenvalue weighted by molar-refractivity contribution is 8.00. The van der Waals surface area contributed by atoms with Crippen LogP contribution in [-0.2, 0) is 11.3 Å². The monoisotopic (exact) mass is 364 g/mol. The molecule has 0 bridgehead atoms. The molecule has 0 aliphatic heterocycles. The van der Waals surface area contributed by atoms with Crippen molar-refractivity contribution < 1.29 is 4.79 Å². The van der Waals surface area contributed by atoms with Crippen LogP contribution in [0, 0.1) is 5.92 Å². The summed E-state index contributed by atoms with van der Waals surface area (Å²) < 4.78 is 1.72. The summed E-state index contributed by atoms with van der Waals surface area (Å²) in [6, 6.07) is 5.15. The van der Waals surface area contributed by atoms with Gasteiger partial charge in [-0.1, -0.05) is 43.6 Å². The minimum Gasteiger partial charge on any atom is -0.298 e. The molecule has 0 spiro atoms. The molecule has 2 aromatic rings. The third-order valence-electron chi connectivity index (χ3n) is 4.18. The van der Waals surface area contributed by atoms with E-state index >= 15 is 0 Å². The summed E-state index contributed by atoms with van der Waals surface area (Å²) in [5.74, 6) is 0.582. The average molecular weight is 365 g/mol. The van der Waals surface area contributed by atoms with Crippen molar-refractivity contribution in [1.82, 2.24) is 9.55 Å². The SMILES string of the molecule is CC(C)Cn1c(SC2CCCCC2=O)nc2cc(Cl)ccc2c1=O. The summed E-state index contributed by atoms with van der Waals surface area (Å²) in [7, 11) is 0. The van der Waals surface area contributed by atoms with Crippen molar-refractivity contribution in [2.75, 3.05) is 0 Å². The van der Waals surface area contributed by atoms with Crippen molar-refractivity contribution >= 4 is 40.0 Å². The van der Waals surface area contributed by atoms with Crippen LogP contribution in [0.2, 0.25) is 5.02 Å². The highest BCUT2D eigenvalue weighted by Crippen LogP contribution is 2.31. The van der Waals surface area contributed by atoms with Gasteiger partial charge in [-0.2, -0.15) is 0 Å². The number of carbonyl (C=O) groups excluding carboxylic acids is 1. The number of nitrogens with zero attached hydrogens (tertiary/aromatic N) is 2. The van der Waals surface area contributed by atoms with E-state index in [9.17, 15) is 9.59 Å². The first-order valence-electron chi connectivity index (χ1n) is 8.35. The fourth-order valence-corrected chi connectivity index (χ4v) is 4.38. The quantitative estimate of drug-likeness (QED) is 0.758. The van der Waals surface area contributed by atoms with Gasteiger partial charge < -0.3 is 0 Å². The summed E-state index contributed by atoms with van der Waals surface area (Å²) >= 11 is 7.49. The summed E-state index contributed by atoms with van der Waals surface area (Å²) in [5.41, 5.74) is 0.536. The first-order valence-corrected chi connectivity index (χ1v) is 9.61. The van der Waals surface area contributed by atoms with Crippen LogP contribution in [0.15, 0.2) is 28.2 Å². The molecule has 1 heterocycles. The van der Waals surface area contributed by atoms with Crippen LogP contribution >= 0.6 is 23.4 Å². The van der Waals surface area contributed by atoms with E-state index in [1.54, 1.807) is 22.8 Å². The Morgan fingerprint density at radius 3 is 2.83 bits per heavy atom. The Hall–Kier alpha value is -1.33. The molecule has 6 heteroatoms. The number of halogens is 1. The van der Waals surface area contributed by atoms with Crippen molar-refractivity contribution in [3.8, 4) is 0 Å². The lowest BCUT2D eigenvalue weighted by molar-refractivity contribution is -0.119. The molecule has 1 aliphatic rings. The number of rotatable bonds is 4. The van der Waals surface area contributed by atoms with E-state index in [2.05, 4.69) is 18.8 Å². The number of hydrogen-bond donors (Lipinski definition) is 0. The second-order valence-electron chi connectivity index (χ2n) is 6.68. The maximum absolute atomic E-state index is 12.9. The fraction of sp³-hybridized carbons (Fsp3) is 0.500. The first-order chi connectivity index (χ1) is 11.5. The van der Waals surface area contributed by atoms with Gasteiger partial charge in [-0.25, -0.2) is 4.98 Å². The highest BCUT2D eigenvalue weighted by atomic mass is 35.5. The number of carbonyl (C=O) groups is 1. The molecule has 1 unspecified atom stereocenters. The number of hydrogen-bond acceptors (Lipinski definition) is 4.